The molecule has 0 aliphatic heterocycles. The van der Waals surface area contributed by atoms with Crippen molar-refractivity contribution in [3.8, 4) is 0 Å². The van der Waals surface area contributed by atoms with Gasteiger partial charge in [0.25, 0.3) is 0 Å². The highest BCUT2D eigenvalue weighted by molar-refractivity contribution is 6.30. The monoisotopic (exact) mass is 359 g/mol. The fraction of sp³-hybridized carbons (Fsp3) is 0.211. The number of carbonyl (C=O) groups is 3. The van der Waals surface area contributed by atoms with E-state index in [0.29, 0.717) is 29.1 Å². The Morgan fingerprint density at radius 1 is 1.04 bits per heavy atom. The molecule has 0 saturated carbocycles. The van der Waals surface area contributed by atoms with Crippen LogP contribution in [0.15, 0.2) is 48.5 Å². The number of rotatable bonds is 7. The van der Waals surface area contributed by atoms with E-state index in [9.17, 15) is 14.4 Å². The van der Waals surface area contributed by atoms with Crippen LogP contribution in [-0.2, 0) is 16.0 Å². The summed E-state index contributed by atoms with van der Waals surface area (Å²) in [6, 6.07) is 13.3. The second-order valence-electron chi connectivity index (χ2n) is 5.44. The third-order valence-corrected chi connectivity index (χ3v) is 3.69. The summed E-state index contributed by atoms with van der Waals surface area (Å²) in [5.41, 5.74) is 1.76. The maximum Gasteiger partial charge on any atom is 0.338 e. The van der Waals surface area contributed by atoms with Crippen molar-refractivity contribution in [3.05, 3.63) is 70.2 Å². The zero-order valence-electron chi connectivity index (χ0n) is 13.8. The largest absolute Gasteiger partial charge is 0.454 e. The highest BCUT2D eigenvalue weighted by Gasteiger charge is 2.12. The summed E-state index contributed by atoms with van der Waals surface area (Å²) in [6.07, 6.45) is 0.678. The highest BCUT2D eigenvalue weighted by atomic mass is 35.5. The topological polar surface area (TPSA) is 72.5 Å². The van der Waals surface area contributed by atoms with Crippen molar-refractivity contribution in [3.63, 3.8) is 0 Å². The Labute approximate surface area is 150 Å². The molecule has 1 N–H and O–H groups in total. The molecule has 5 nitrogen and oxygen atoms in total. The average Bonchev–Trinajstić information content (AvgIpc) is 2.59. The number of hydrogen-bond donors (Lipinski definition) is 1. The highest BCUT2D eigenvalue weighted by Crippen LogP contribution is 2.12. The Morgan fingerprint density at radius 2 is 1.76 bits per heavy atom. The molecular weight excluding hydrogens is 342 g/mol. The van der Waals surface area contributed by atoms with E-state index in [1.807, 2.05) is 12.1 Å². The van der Waals surface area contributed by atoms with Gasteiger partial charge in [0, 0.05) is 24.1 Å². The molecule has 0 unspecified atom stereocenters. The maximum atomic E-state index is 12.1. The molecule has 6 heteroatoms. The van der Waals surface area contributed by atoms with Gasteiger partial charge in [-0.2, -0.15) is 0 Å². The van der Waals surface area contributed by atoms with Gasteiger partial charge in [0.1, 0.15) is 0 Å². The Kier molecular flexibility index (Phi) is 6.71. The van der Waals surface area contributed by atoms with Crippen molar-refractivity contribution in [2.75, 3.05) is 13.2 Å². The van der Waals surface area contributed by atoms with Gasteiger partial charge >= 0.3 is 5.97 Å². The molecule has 1 amide bonds. The molecule has 0 saturated heterocycles. The van der Waals surface area contributed by atoms with Crippen molar-refractivity contribution in [2.24, 2.45) is 0 Å². The van der Waals surface area contributed by atoms with Crippen molar-refractivity contribution < 1.29 is 19.1 Å². The van der Waals surface area contributed by atoms with Crippen LogP contribution < -0.4 is 5.32 Å². The normalized spacial score (nSPS) is 10.2. The van der Waals surface area contributed by atoms with Crippen molar-refractivity contribution >= 4 is 29.3 Å². The quantitative estimate of drug-likeness (QED) is 0.609. The number of esters is 1. The lowest BCUT2D eigenvalue weighted by Crippen LogP contribution is -2.22. The van der Waals surface area contributed by atoms with Crippen LogP contribution in [0.25, 0.3) is 0 Å². The smallest absolute Gasteiger partial charge is 0.338 e. The fourth-order valence-corrected chi connectivity index (χ4v) is 2.34. The maximum absolute atomic E-state index is 12.1. The van der Waals surface area contributed by atoms with E-state index in [1.54, 1.807) is 30.3 Å². The van der Waals surface area contributed by atoms with E-state index in [1.165, 1.54) is 13.0 Å². The van der Waals surface area contributed by atoms with Crippen LogP contribution in [0, 0.1) is 0 Å². The summed E-state index contributed by atoms with van der Waals surface area (Å²) in [7, 11) is 0. The van der Waals surface area contributed by atoms with E-state index < -0.39 is 5.97 Å². The molecule has 0 bridgehead atoms. The summed E-state index contributed by atoms with van der Waals surface area (Å²) in [5, 5.41) is 3.14. The van der Waals surface area contributed by atoms with Crippen molar-refractivity contribution in [2.45, 2.75) is 13.3 Å². The first kappa shape index (κ1) is 18.7. The summed E-state index contributed by atoms with van der Waals surface area (Å²) in [4.78, 5) is 34.8. The molecule has 0 aliphatic carbocycles. The second-order valence-corrected chi connectivity index (χ2v) is 5.88. The number of hydrogen-bond acceptors (Lipinski definition) is 4. The second kappa shape index (κ2) is 8.99. The molecule has 2 aromatic carbocycles. The van der Waals surface area contributed by atoms with Crippen LogP contribution in [-0.4, -0.2) is 30.8 Å². The number of carbonyl (C=O) groups excluding carboxylic acids is 3. The molecule has 0 aromatic heterocycles. The number of benzene rings is 2. The van der Waals surface area contributed by atoms with E-state index in [-0.39, 0.29) is 18.3 Å². The van der Waals surface area contributed by atoms with E-state index in [4.69, 9.17) is 16.3 Å². The van der Waals surface area contributed by atoms with Crippen molar-refractivity contribution in [1.29, 1.82) is 0 Å². The molecule has 0 spiro atoms. The average molecular weight is 360 g/mol. The lowest BCUT2D eigenvalue weighted by molar-refractivity contribution is -0.118. The van der Waals surface area contributed by atoms with Crippen LogP contribution in [0.2, 0.25) is 5.02 Å². The standard InChI is InChI=1S/C19H18ClNO4/c1-13(22)21-10-9-14-5-7-15(8-6-14)18(23)12-25-19(24)16-3-2-4-17(20)11-16/h2-8,11H,9-10,12H2,1H3,(H,21,22). The molecule has 0 fully saturated rings. The predicted octanol–water partition coefficient (Wildman–Crippen LogP) is 3.06. The van der Waals surface area contributed by atoms with E-state index >= 15 is 0 Å². The number of ketones is 1. The zero-order valence-corrected chi connectivity index (χ0v) is 14.5. The Balaban J connectivity index is 1.86. The molecule has 0 heterocycles. The first-order valence-electron chi connectivity index (χ1n) is 7.75. The van der Waals surface area contributed by atoms with E-state index in [0.717, 1.165) is 5.56 Å². The molecule has 0 radical (unpaired) electrons. The van der Waals surface area contributed by atoms with Crippen molar-refractivity contribution in [1.82, 2.24) is 5.32 Å². The minimum absolute atomic E-state index is 0.0756. The van der Waals surface area contributed by atoms with Gasteiger partial charge in [-0.15, -0.1) is 0 Å². The molecule has 130 valence electrons. The summed E-state index contributed by atoms with van der Waals surface area (Å²) in [6.45, 7) is 1.67. The number of Topliss-reactive ketones (excluding diaryl/α,β-unsaturated/α-hetero) is 1. The minimum atomic E-state index is -0.595. The van der Waals surface area contributed by atoms with E-state index in [2.05, 4.69) is 5.32 Å². The van der Waals surface area contributed by atoms with Gasteiger partial charge in [0.15, 0.2) is 12.4 Å². The molecular formula is C19H18ClNO4. The van der Waals surface area contributed by atoms with Gasteiger partial charge in [-0.05, 0) is 30.2 Å². The molecule has 25 heavy (non-hydrogen) atoms. The molecule has 0 atom stereocenters. The lowest BCUT2D eigenvalue weighted by Gasteiger charge is -2.06. The molecule has 2 rings (SSSR count). The number of ether oxygens (including phenoxy) is 1. The van der Waals surface area contributed by atoms with Gasteiger partial charge in [0.2, 0.25) is 5.91 Å². The van der Waals surface area contributed by atoms with Gasteiger partial charge in [-0.3, -0.25) is 9.59 Å². The molecule has 0 aliphatic rings. The van der Waals surface area contributed by atoms with Crippen LogP contribution in [0.1, 0.15) is 33.2 Å². The Hall–Kier alpha value is -2.66. The third-order valence-electron chi connectivity index (χ3n) is 3.46. The van der Waals surface area contributed by atoms with Crippen LogP contribution in [0.4, 0.5) is 0 Å². The van der Waals surface area contributed by atoms with Gasteiger partial charge in [0.05, 0.1) is 5.56 Å². The van der Waals surface area contributed by atoms with Crippen LogP contribution in [0.5, 0.6) is 0 Å². The SMILES string of the molecule is CC(=O)NCCc1ccc(C(=O)COC(=O)c2cccc(Cl)c2)cc1. The van der Waals surface area contributed by atoms with Gasteiger partial charge in [-0.1, -0.05) is 41.9 Å². The van der Waals surface area contributed by atoms with Gasteiger partial charge < -0.3 is 10.1 Å². The fourth-order valence-electron chi connectivity index (χ4n) is 2.15. The van der Waals surface area contributed by atoms with Crippen LogP contribution in [0.3, 0.4) is 0 Å². The number of amides is 1. The Morgan fingerprint density at radius 3 is 2.40 bits per heavy atom. The summed E-state index contributed by atoms with van der Waals surface area (Å²) >= 11 is 5.82. The van der Waals surface area contributed by atoms with Gasteiger partial charge in [-0.25, -0.2) is 4.79 Å². The minimum Gasteiger partial charge on any atom is -0.454 e. The third kappa shape index (κ3) is 6.04. The van der Waals surface area contributed by atoms with Crippen LogP contribution >= 0.6 is 11.6 Å². The lowest BCUT2D eigenvalue weighted by atomic mass is 10.1. The summed E-state index contributed by atoms with van der Waals surface area (Å²) in [5.74, 6) is -0.958. The first-order valence-corrected chi connectivity index (χ1v) is 8.13. The number of nitrogens with one attached hydrogen (secondary N) is 1. The first-order chi connectivity index (χ1) is 12.0. The zero-order chi connectivity index (χ0) is 18.2. The number of halogens is 1. The predicted molar refractivity (Wildman–Crippen MR) is 94.9 cm³/mol. The Bertz CT molecular complexity index is 771. The molecule has 2 aromatic rings. The summed E-state index contributed by atoms with van der Waals surface area (Å²) < 4.78 is 5.03.